The van der Waals surface area contributed by atoms with Crippen molar-refractivity contribution >= 4 is 31.9 Å². The van der Waals surface area contributed by atoms with Gasteiger partial charge in [0.1, 0.15) is 6.10 Å². The molecule has 2 N–H and O–H groups in total. The summed E-state index contributed by atoms with van der Waals surface area (Å²) in [5.74, 6) is 0. The van der Waals surface area contributed by atoms with Crippen LogP contribution in [-0.2, 0) is 0 Å². The van der Waals surface area contributed by atoms with Crippen LogP contribution in [0.2, 0.25) is 0 Å². The van der Waals surface area contributed by atoms with Crippen molar-refractivity contribution in [2.75, 3.05) is 5.33 Å². The minimum Gasteiger partial charge on any atom is -0.389 e. The van der Waals surface area contributed by atoms with Gasteiger partial charge >= 0.3 is 0 Å². The van der Waals surface area contributed by atoms with Gasteiger partial charge in [-0.3, -0.25) is 0 Å². The van der Waals surface area contributed by atoms with Crippen LogP contribution in [-0.4, -0.2) is 21.6 Å². The molecule has 2 nitrogen and oxygen atoms in total. The van der Waals surface area contributed by atoms with Crippen LogP contribution in [0.1, 0.15) is 11.7 Å². The first-order valence-corrected chi connectivity index (χ1v) is 5.74. The lowest BCUT2D eigenvalue weighted by Crippen LogP contribution is -2.19. The minimum atomic E-state index is -0.852. The smallest absolute Gasteiger partial charge is 0.107 e. The molecule has 0 spiro atoms. The highest BCUT2D eigenvalue weighted by molar-refractivity contribution is 9.10. The number of halogens is 2. The summed E-state index contributed by atoms with van der Waals surface area (Å²) in [5.41, 5.74) is 0.703. The van der Waals surface area contributed by atoms with Gasteiger partial charge in [0.2, 0.25) is 0 Å². The normalized spacial score (nSPS) is 15.4. The van der Waals surface area contributed by atoms with Crippen LogP contribution in [0.3, 0.4) is 0 Å². The Kier molecular flexibility index (Phi) is 4.38. The number of benzene rings is 1. The van der Waals surface area contributed by atoms with Crippen LogP contribution < -0.4 is 0 Å². The lowest BCUT2D eigenvalue weighted by Gasteiger charge is -2.16. The van der Waals surface area contributed by atoms with E-state index in [4.69, 9.17) is 0 Å². The molecule has 1 rings (SSSR count). The summed E-state index contributed by atoms with van der Waals surface area (Å²) in [6.45, 7) is 0. The lowest BCUT2D eigenvalue weighted by atomic mass is 10.1. The van der Waals surface area contributed by atoms with Crippen LogP contribution in [0.25, 0.3) is 0 Å². The molecule has 0 saturated heterocycles. The maximum absolute atomic E-state index is 9.66. The minimum absolute atomic E-state index is 0.357. The molecule has 0 fully saturated rings. The highest BCUT2D eigenvalue weighted by Crippen LogP contribution is 2.25. The summed E-state index contributed by atoms with van der Waals surface area (Å²) in [6.07, 6.45) is -1.63. The number of aliphatic hydroxyl groups excluding tert-OH is 2. The second-order valence-electron chi connectivity index (χ2n) is 2.69. The molecular formula is C9H10Br2O2. The van der Waals surface area contributed by atoms with Gasteiger partial charge in [-0.15, -0.1) is 0 Å². The molecule has 13 heavy (non-hydrogen) atoms. The van der Waals surface area contributed by atoms with Crippen molar-refractivity contribution in [3.63, 3.8) is 0 Å². The summed E-state index contributed by atoms with van der Waals surface area (Å²) in [5, 5.41) is 19.4. The first kappa shape index (κ1) is 11.2. The zero-order chi connectivity index (χ0) is 9.84. The van der Waals surface area contributed by atoms with Crippen molar-refractivity contribution in [1.29, 1.82) is 0 Å². The van der Waals surface area contributed by atoms with Crippen molar-refractivity contribution in [3.8, 4) is 0 Å². The van der Waals surface area contributed by atoms with Gasteiger partial charge in [-0.1, -0.05) is 50.1 Å². The van der Waals surface area contributed by atoms with E-state index in [1.807, 2.05) is 18.2 Å². The molecule has 1 aromatic rings. The Morgan fingerprint density at radius 2 is 1.85 bits per heavy atom. The van der Waals surface area contributed by atoms with Gasteiger partial charge in [0.15, 0.2) is 0 Å². The van der Waals surface area contributed by atoms with Crippen LogP contribution in [0.4, 0.5) is 0 Å². The molecule has 0 aliphatic rings. The average Bonchev–Trinajstić information content (AvgIpc) is 2.16. The molecule has 72 valence electrons. The van der Waals surface area contributed by atoms with Gasteiger partial charge < -0.3 is 10.2 Å². The van der Waals surface area contributed by atoms with Gasteiger partial charge in [-0.2, -0.15) is 0 Å². The van der Waals surface area contributed by atoms with E-state index in [9.17, 15) is 10.2 Å². The van der Waals surface area contributed by atoms with Gasteiger partial charge in [0.25, 0.3) is 0 Å². The van der Waals surface area contributed by atoms with E-state index < -0.39 is 12.2 Å². The molecule has 0 saturated carbocycles. The maximum atomic E-state index is 9.66. The fourth-order valence-electron chi connectivity index (χ4n) is 1.01. The Hall–Kier alpha value is 0.100. The monoisotopic (exact) mass is 308 g/mol. The van der Waals surface area contributed by atoms with Crippen molar-refractivity contribution in [3.05, 3.63) is 34.3 Å². The molecule has 0 aliphatic heterocycles. The number of hydrogen-bond donors (Lipinski definition) is 2. The van der Waals surface area contributed by atoms with Crippen molar-refractivity contribution in [2.45, 2.75) is 12.2 Å². The first-order chi connectivity index (χ1) is 6.16. The molecule has 0 radical (unpaired) electrons. The van der Waals surface area contributed by atoms with E-state index in [1.54, 1.807) is 6.07 Å². The molecule has 0 heterocycles. The second-order valence-corrected chi connectivity index (χ2v) is 4.19. The Balaban J connectivity index is 2.88. The SMILES string of the molecule is OC(CBr)C(O)c1ccccc1Br. The van der Waals surface area contributed by atoms with Crippen molar-refractivity contribution < 1.29 is 10.2 Å². The van der Waals surface area contributed by atoms with E-state index in [2.05, 4.69) is 31.9 Å². The van der Waals surface area contributed by atoms with E-state index >= 15 is 0 Å². The Morgan fingerprint density at radius 1 is 1.23 bits per heavy atom. The number of alkyl halides is 1. The summed E-state index contributed by atoms with van der Waals surface area (Å²) in [6, 6.07) is 7.30. The summed E-state index contributed by atoms with van der Waals surface area (Å²) in [4.78, 5) is 0. The van der Waals surface area contributed by atoms with E-state index in [0.717, 1.165) is 4.47 Å². The lowest BCUT2D eigenvalue weighted by molar-refractivity contribution is 0.0338. The highest BCUT2D eigenvalue weighted by Gasteiger charge is 2.18. The van der Waals surface area contributed by atoms with Crippen molar-refractivity contribution in [1.82, 2.24) is 0 Å². The Bertz CT molecular complexity index is 278. The molecule has 0 amide bonds. The second kappa shape index (κ2) is 5.10. The fourth-order valence-corrected chi connectivity index (χ4v) is 1.88. The predicted octanol–water partition coefficient (Wildman–Crippen LogP) is 2.24. The molecule has 1 aromatic carbocycles. The van der Waals surface area contributed by atoms with Gasteiger partial charge in [-0.25, -0.2) is 0 Å². The zero-order valence-electron chi connectivity index (χ0n) is 6.82. The summed E-state index contributed by atoms with van der Waals surface area (Å²) >= 11 is 6.42. The van der Waals surface area contributed by atoms with E-state index in [0.29, 0.717) is 10.9 Å². The third-order valence-electron chi connectivity index (χ3n) is 1.75. The Labute approximate surface area is 93.8 Å². The molecule has 2 unspecified atom stereocenters. The molecule has 0 aliphatic carbocycles. The van der Waals surface area contributed by atoms with Gasteiger partial charge in [-0.05, 0) is 11.6 Å². The third-order valence-corrected chi connectivity index (χ3v) is 3.13. The quantitative estimate of drug-likeness (QED) is 0.841. The molecule has 4 heteroatoms. The number of aliphatic hydroxyl groups is 2. The number of hydrogen-bond acceptors (Lipinski definition) is 2. The summed E-state index contributed by atoms with van der Waals surface area (Å²) < 4.78 is 0.808. The highest BCUT2D eigenvalue weighted by atomic mass is 79.9. The average molecular weight is 310 g/mol. The van der Waals surface area contributed by atoms with Crippen LogP contribution in [0.5, 0.6) is 0 Å². The largest absolute Gasteiger partial charge is 0.389 e. The molecule has 2 atom stereocenters. The summed E-state index contributed by atoms with van der Waals surface area (Å²) in [7, 11) is 0. The van der Waals surface area contributed by atoms with Crippen molar-refractivity contribution in [2.24, 2.45) is 0 Å². The third kappa shape index (κ3) is 2.77. The van der Waals surface area contributed by atoms with E-state index in [-0.39, 0.29) is 0 Å². The topological polar surface area (TPSA) is 40.5 Å². The fraction of sp³-hybridized carbons (Fsp3) is 0.333. The van der Waals surface area contributed by atoms with Gasteiger partial charge in [0.05, 0.1) is 6.10 Å². The predicted molar refractivity (Wildman–Crippen MR) is 58.9 cm³/mol. The number of rotatable bonds is 3. The van der Waals surface area contributed by atoms with Crippen LogP contribution >= 0.6 is 31.9 Å². The first-order valence-electron chi connectivity index (χ1n) is 3.83. The van der Waals surface area contributed by atoms with E-state index in [1.165, 1.54) is 0 Å². The molecule has 0 aromatic heterocycles. The molecular weight excluding hydrogens is 300 g/mol. The standard InChI is InChI=1S/C9H10Br2O2/c10-5-8(12)9(13)6-3-1-2-4-7(6)11/h1-4,8-9,12-13H,5H2. The van der Waals surface area contributed by atoms with Crippen LogP contribution in [0.15, 0.2) is 28.7 Å². The Morgan fingerprint density at radius 3 is 2.38 bits per heavy atom. The maximum Gasteiger partial charge on any atom is 0.107 e. The van der Waals surface area contributed by atoms with Crippen LogP contribution in [0, 0.1) is 0 Å². The molecule has 0 bridgehead atoms. The van der Waals surface area contributed by atoms with Gasteiger partial charge in [0, 0.05) is 9.80 Å². The zero-order valence-corrected chi connectivity index (χ0v) is 9.99.